The number of aliphatic hydroxyl groups is 1. The second-order valence-corrected chi connectivity index (χ2v) is 32.2. The van der Waals surface area contributed by atoms with Crippen LogP contribution in [0.15, 0.2) is 0 Å². The molecule has 564 valence electrons. The second-order valence-electron chi connectivity index (χ2n) is 29.3. The van der Waals surface area contributed by atoms with E-state index in [1.165, 1.54) is 180 Å². The van der Waals surface area contributed by atoms with Crippen LogP contribution in [0.25, 0.3) is 0 Å². The SMILES string of the molecule is CC(C)CCCCCCCCCCCCCCCCC(=O)OC[C@H](COP(=O)(O)OC[C@@H](O)COP(=O)(O)OC[C@@H](COC(=O)CCCCCCCCC(C)C)OC(=O)CCCCCCCCCCCCCCCC(C)C)OC(=O)CCCCCCCCCCCCC(C)C. The summed E-state index contributed by atoms with van der Waals surface area (Å²) >= 11 is 0. The van der Waals surface area contributed by atoms with E-state index in [2.05, 4.69) is 55.4 Å². The number of esters is 4. The van der Waals surface area contributed by atoms with Crippen molar-refractivity contribution in [2.24, 2.45) is 23.7 Å². The minimum Gasteiger partial charge on any atom is -0.462 e. The Morgan fingerprint density at radius 3 is 0.653 bits per heavy atom. The first-order valence-corrected chi connectivity index (χ1v) is 42.2. The summed E-state index contributed by atoms with van der Waals surface area (Å²) in [5, 5.41) is 10.6. The zero-order chi connectivity index (χ0) is 70.3. The normalized spacial score (nSPS) is 14.1. The summed E-state index contributed by atoms with van der Waals surface area (Å²) in [5.74, 6) is 0.895. The highest BCUT2D eigenvalue weighted by Crippen LogP contribution is 2.45. The number of phosphoric ester groups is 2. The van der Waals surface area contributed by atoms with Crippen molar-refractivity contribution in [3.05, 3.63) is 0 Å². The monoisotopic (exact) mass is 1400 g/mol. The number of phosphoric acid groups is 2. The molecule has 0 aromatic heterocycles. The first-order chi connectivity index (χ1) is 45.6. The van der Waals surface area contributed by atoms with Crippen LogP contribution in [0.2, 0.25) is 0 Å². The van der Waals surface area contributed by atoms with Gasteiger partial charge in [-0.05, 0) is 49.4 Å². The molecule has 0 aliphatic rings. The van der Waals surface area contributed by atoms with Gasteiger partial charge >= 0.3 is 39.5 Å². The molecule has 0 aliphatic carbocycles. The van der Waals surface area contributed by atoms with Gasteiger partial charge in [-0.2, -0.15) is 0 Å². The molecule has 0 rings (SSSR count). The van der Waals surface area contributed by atoms with Gasteiger partial charge in [0.1, 0.15) is 19.3 Å². The van der Waals surface area contributed by atoms with E-state index in [4.69, 9.17) is 37.0 Å². The van der Waals surface area contributed by atoms with Crippen molar-refractivity contribution in [3.63, 3.8) is 0 Å². The molecule has 2 unspecified atom stereocenters. The molecule has 0 aromatic carbocycles. The summed E-state index contributed by atoms with van der Waals surface area (Å²) in [7, 11) is -9.91. The first-order valence-electron chi connectivity index (χ1n) is 39.2. The minimum atomic E-state index is -4.96. The molecule has 0 saturated heterocycles. The van der Waals surface area contributed by atoms with Crippen LogP contribution in [0.4, 0.5) is 0 Å². The molecule has 0 radical (unpaired) electrons. The van der Waals surface area contributed by atoms with Gasteiger partial charge in [-0.1, -0.05) is 331 Å². The van der Waals surface area contributed by atoms with Crippen molar-refractivity contribution in [2.45, 2.75) is 401 Å². The van der Waals surface area contributed by atoms with Crippen LogP contribution in [0.1, 0.15) is 383 Å². The van der Waals surface area contributed by atoms with Gasteiger partial charge in [0.15, 0.2) is 12.2 Å². The van der Waals surface area contributed by atoms with E-state index < -0.39 is 97.5 Å². The quantitative estimate of drug-likeness (QED) is 0.0222. The van der Waals surface area contributed by atoms with E-state index in [0.717, 1.165) is 114 Å². The number of hydrogen-bond acceptors (Lipinski definition) is 15. The fraction of sp³-hybridized carbons (Fsp3) is 0.947. The fourth-order valence-electron chi connectivity index (χ4n) is 11.6. The first kappa shape index (κ1) is 93.1. The Morgan fingerprint density at radius 1 is 0.263 bits per heavy atom. The van der Waals surface area contributed by atoms with Gasteiger partial charge in [0, 0.05) is 25.7 Å². The fourth-order valence-corrected chi connectivity index (χ4v) is 13.1. The molecule has 0 bridgehead atoms. The van der Waals surface area contributed by atoms with Gasteiger partial charge in [-0.3, -0.25) is 37.3 Å². The van der Waals surface area contributed by atoms with Gasteiger partial charge < -0.3 is 33.8 Å². The number of ether oxygens (including phenoxy) is 4. The predicted octanol–water partition coefficient (Wildman–Crippen LogP) is 22.0. The zero-order valence-corrected chi connectivity index (χ0v) is 64.1. The lowest BCUT2D eigenvalue weighted by Gasteiger charge is -2.21. The molecule has 3 N–H and O–H groups in total. The molecule has 0 heterocycles. The standard InChI is InChI=1S/C76H148O17P2/c1-66(2)52-44-36-28-22-16-12-9-10-14-18-25-31-40-48-56-73(78)86-62-71(92-76(81)59-51-43-33-27-21-20-24-30-38-46-54-68(5)6)64-90-94(82,83)88-60-70(77)61-89-95(84,85)91-65-72(63-87-74(79)57-49-41-35-34-39-47-55-69(7)8)93-75(80)58-50-42-32-26-19-15-11-13-17-23-29-37-45-53-67(3)4/h66-72,77H,9-65H2,1-8H3,(H,82,83)(H,84,85)/t70-,71-,72-/m1/s1. The topological polar surface area (TPSA) is 237 Å². The summed E-state index contributed by atoms with van der Waals surface area (Å²) in [5.41, 5.74) is 0. The van der Waals surface area contributed by atoms with Crippen molar-refractivity contribution < 1.29 is 80.2 Å². The van der Waals surface area contributed by atoms with E-state index in [1.54, 1.807) is 0 Å². The van der Waals surface area contributed by atoms with Gasteiger partial charge in [-0.15, -0.1) is 0 Å². The number of unbranched alkanes of at least 4 members (excludes halogenated alkanes) is 39. The molecule has 0 aliphatic heterocycles. The minimum absolute atomic E-state index is 0.106. The van der Waals surface area contributed by atoms with Crippen LogP contribution in [0.3, 0.4) is 0 Å². The molecule has 0 fully saturated rings. The second kappa shape index (κ2) is 65.4. The Kier molecular flexibility index (Phi) is 64.0. The van der Waals surface area contributed by atoms with Crippen molar-refractivity contribution in [3.8, 4) is 0 Å². The average molecular weight is 1400 g/mol. The Balaban J connectivity index is 5.22. The molecular formula is C76H148O17P2. The zero-order valence-electron chi connectivity index (χ0n) is 62.3. The maximum absolute atomic E-state index is 13.1. The molecular weight excluding hydrogens is 1250 g/mol. The van der Waals surface area contributed by atoms with Crippen LogP contribution >= 0.6 is 15.6 Å². The molecule has 0 amide bonds. The highest BCUT2D eigenvalue weighted by atomic mass is 31.2. The molecule has 0 spiro atoms. The highest BCUT2D eigenvalue weighted by molar-refractivity contribution is 7.47. The van der Waals surface area contributed by atoms with E-state index in [1.807, 2.05) is 0 Å². The molecule has 19 heteroatoms. The predicted molar refractivity (Wildman–Crippen MR) is 386 cm³/mol. The molecule has 17 nitrogen and oxygen atoms in total. The maximum Gasteiger partial charge on any atom is 0.472 e. The lowest BCUT2D eigenvalue weighted by atomic mass is 10.0. The third-order valence-corrected chi connectivity index (χ3v) is 19.5. The maximum atomic E-state index is 13.1. The van der Waals surface area contributed by atoms with Crippen LogP contribution in [0.5, 0.6) is 0 Å². The van der Waals surface area contributed by atoms with Gasteiger partial charge in [0.25, 0.3) is 0 Å². The summed E-state index contributed by atoms with van der Waals surface area (Å²) in [4.78, 5) is 72.8. The van der Waals surface area contributed by atoms with Crippen LogP contribution in [-0.4, -0.2) is 96.7 Å². The Labute approximate surface area is 581 Å². The lowest BCUT2D eigenvalue weighted by molar-refractivity contribution is -0.161. The number of carbonyl (C=O) groups is 4. The van der Waals surface area contributed by atoms with Crippen molar-refractivity contribution in [1.82, 2.24) is 0 Å². The summed E-state index contributed by atoms with van der Waals surface area (Å²) < 4.78 is 68.5. The Hall–Kier alpha value is -1.94. The largest absolute Gasteiger partial charge is 0.472 e. The summed E-state index contributed by atoms with van der Waals surface area (Å²) in [6.45, 7) is 14.2. The van der Waals surface area contributed by atoms with Crippen molar-refractivity contribution in [1.29, 1.82) is 0 Å². The van der Waals surface area contributed by atoms with Gasteiger partial charge in [0.05, 0.1) is 26.4 Å². The van der Waals surface area contributed by atoms with E-state index in [-0.39, 0.29) is 25.7 Å². The molecule has 0 saturated carbocycles. The third kappa shape index (κ3) is 70.3. The van der Waals surface area contributed by atoms with Gasteiger partial charge in [0.2, 0.25) is 0 Å². The highest BCUT2D eigenvalue weighted by Gasteiger charge is 2.30. The van der Waals surface area contributed by atoms with E-state index in [0.29, 0.717) is 31.6 Å². The van der Waals surface area contributed by atoms with Gasteiger partial charge in [-0.25, -0.2) is 9.13 Å². The number of hydrogen-bond donors (Lipinski definition) is 3. The van der Waals surface area contributed by atoms with Crippen LogP contribution in [0, 0.1) is 23.7 Å². The molecule has 0 aromatic rings. The van der Waals surface area contributed by atoms with Crippen LogP contribution < -0.4 is 0 Å². The summed E-state index contributed by atoms with van der Waals surface area (Å²) in [6.07, 6.45) is 50.1. The number of carbonyl (C=O) groups excluding carboxylic acids is 4. The van der Waals surface area contributed by atoms with Crippen LogP contribution in [-0.2, 0) is 65.4 Å². The average Bonchev–Trinajstić information content (AvgIpc) is 1.41. The Morgan fingerprint density at radius 2 is 0.442 bits per heavy atom. The van der Waals surface area contributed by atoms with E-state index in [9.17, 15) is 43.2 Å². The third-order valence-electron chi connectivity index (χ3n) is 17.6. The van der Waals surface area contributed by atoms with Crippen molar-refractivity contribution >= 4 is 39.5 Å². The van der Waals surface area contributed by atoms with E-state index >= 15 is 0 Å². The van der Waals surface area contributed by atoms with Crippen molar-refractivity contribution in [2.75, 3.05) is 39.6 Å². The number of aliphatic hydroxyl groups excluding tert-OH is 1. The molecule has 5 atom stereocenters. The Bertz CT molecular complexity index is 1870. The summed E-state index contributed by atoms with van der Waals surface area (Å²) in [6, 6.07) is 0. The smallest absolute Gasteiger partial charge is 0.462 e. The lowest BCUT2D eigenvalue weighted by Crippen LogP contribution is -2.30. The molecule has 95 heavy (non-hydrogen) atoms. The number of rotatable bonds is 73.